The third kappa shape index (κ3) is 7.41. The fraction of sp³-hybridized carbons (Fsp3) is 0.800. The van der Waals surface area contributed by atoms with Crippen molar-refractivity contribution in [2.45, 2.75) is 76.6 Å². The fourth-order valence-electron chi connectivity index (χ4n) is 6.19. The molecule has 3 rings (SSSR count). The van der Waals surface area contributed by atoms with Crippen LogP contribution < -0.4 is 16.0 Å². The number of hydrogen-bond donors (Lipinski definition) is 3. The van der Waals surface area contributed by atoms with Crippen LogP contribution in [0.4, 0.5) is 26.3 Å². The van der Waals surface area contributed by atoms with E-state index in [1.165, 1.54) is 5.32 Å². The van der Waals surface area contributed by atoms with Gasteiger partial charge in [0.15, 0.2) is 0 Å². The van der Waals surface area contributed by atoms with E-state index in [-0.39, 0.29) is 24.8 Å². The molecule has 0 aromatic rings. The van der Waals surface area contributed by atoms with E-state index >= 15 is 0 Å². The summed E-state index contributed by atoms with van der Waals surface area (Å²) < 4.78 is 77.7. The molecule has 0 spiro atoms. The van der Waals surface area contributed by atoms with Crippen LogP contribution in [-0.2, 0) is 19.2 Å². The molecule has 41 heavy (non-hydrogen) atoms. The van der Waals surface area contributed by atoms with Crippen molar-refractivity contribution >= 4 is 23.6 Å². The summed E-state index contributed by atoms with van der Waals surface area (Å²) in [5.74, 6) is -5.95. The molecule has 4 amide bonds. The molecule has 3 fully saturated rings. The summed E-state index contributed by atoms with van der Waals surface area (Å²) in [6, 6.07) is -2.48. The second kappa shape index (κ2) is 11.0. The topological polar surface area (TPSA) is 135 Å². The van der Waals surface area contributed by atoms with Crippen molar-refractivity contribution < 1.29 is 45.5 Å². The molecule has 4 unspecified atom stereocenters. The van der Waals surface area contributed by atoms with Gasteiger partial charge in [-0.25, -0.2) is 0 Å². The number of piperidine rings is 1. The lowest BCUT2D eigenvalue weighted by Crippen LogP contribution is -2.60. The molecule has 3 N–H and O–H groups in total. The summed E-state index contributed by atoms with van der Waals surface area (Å²) in [5.41, 5.74) is -0.936. The number of nitrogens with one attached hydrogen (secondary N) is 3. The first kappa shape index (κ1) is 32.4. The van der Waals surface area contributed by atoms with Gasteiger partial charge in [0.1, 0.15) is 18.1 Å². The number of carbonyl (C=O) groups excluding carboxylic acids is 4. The standard InChI is InChI=1S/C25H34F6N6O4/c1-22(2)7-12(18(38)35-22)6-13(8-32)33-19(39)17-16-14(23(16,3)4)9-37(17)20(40)15(34-21(41)25(29,30)31)10-36(5)11-24(26,27)28/h12-17H,6-7,9-11H2,1-5H3,(H,33,39)(H,34,41)(H,35,38)/t12-,13+,14?,15?,16?,17?/m1/s1. The molecule has 1 aliphatic carbocycles. The molecule has 10 nitrogen and oxygen atoms in total. The van der Waals surface area contributed by atoms with E-state index in [1.807, 2.05) is 33.8 Å². The smallest absolute Gasteiger partial charge is 0.351 e. The molecule has 0 aromatic heterocycles. The highest BCUT2D eigenvalue weighted by atomic mass is 19.4. The minimum Gasteiger partial charge on any atom is -0.351 e. The molecular formula is C25H34F6N6O4. The maximum atomic E-state index is 13.5. The van der Waals surface area contributed by atoms with Gasteiger partial charge in [0, 0.05) is 24.5 Å². The third-order valence-electron chi connectivity index (χ3n) is 8.15. The van der Waals surface area contributed by atoms with Crippen molar-refractivity contribution in [1.29, 1.82) is 5.26 Å². The quantitative estimate of drug-likeness (QED) is 0.344. The maximum Gasteiger partial charge on any atom is 0.471 e. The zero-order valence-corrected chi connectivity index (χ0v) is 23.2. The first-order valence-corrected chi connectivity index (χ1v) is 13.0. The number of likely N-dealkylation sites (N-methyl/N-ethyl adjacent to an activating group) is 1. The summed E-state index contributed by atoms with van der Waals surface area (Å²) >= 11 is 0. The van der Waals surface area contributed by atoms with E-state index in [9.17, 15) is 50.8 Å². The summed E-state index contributed by atoms with van der Waals surface area (Å²) in [4.78, 5) is 52.5. The Bertz CT molecular complexity index is 1120. The number of nitrogens with zero attached hydrogens (tertiary/aromatic N) is 3. The summed E-state index contributed by atoms with van der Waals surface area (Å²) in [5, 5.41) is 16.5. The number of hydrogen-bond acceptors (Lipinski definition) is 6. The lowest BCUT2D eigenvalue weighted by molar-refractivity contribution is -0.175. The van der Waals surface area contributed by atoms with Crippen molar-refractivity contribution in [3.05, 3.63) is 0 Å². The summed E-state index contributed by atoms with van der Waals surface area (Å²) in [6.45, 7) is 4.73. The zero-order chi connectivity index (χ0) is 31.3. The molecule has 2 saturated heterocycles. The van der Waals surface area contributed by atoms with Gasteiger partial charge in [0.2, 0.25) is 17.7 Å². The summed E-state index contributed by atoms with van der Waals surface area (Å²) in [6.07, 6.45) is -9.73. The number of amides is 4. The maximum absolute atomic E-state index is 13.5. The molecule has 0 radical (unpaired) electrons. The third-order valence-corrected chi connectivity index (χ3v) is 8.15. The van der Waals surface area contributed by atoms with Crippen LogP contribution in [-0.4, -0.2) is 96.1 Å². The van der Waals surface area contributed by atoms with Crippen molar-refractivity contribution in [3.8, 4) is 6.07 Å². The Morgan fingerprint density at radius 3 is 2.24 bits per heavy atom. The predicted molar refractivity (Wildman–Crippen MR) is 130 cm³/mol. The van der Waals surface area contributed by atoms with Crippen LogP contribution in [0.1, 0.15) is 40.5 Å². The Labute approximate surface area is 233 Å². The number of halogens is 6. The van der Waals surface area contributed by atoms with Gasteiger partial charge in [-0.05, 0) is 51.0 Å². The average Bonchev–Trinajstić information content (AvgIpc) is 3.09. The average molecular weight is 597 g/mol. The molecule has 1 saturated carbocycles. The van der Waals surface area contributed by atoms with Crippen molar-refractivity contribution in [1.82, 2.24) is 25.8 Å². The van der Waals surface area contributed by atoms with E-state index < -0.39 is 84.1 Å². The minimum atomic E-state index is -5.41. The van der Waals surface area contributed by atoms with Crippen LogP contribution in [0, 0.1) is 34.5 Å². The van der Waals surface area contributed by atoms with Crippen molar-refractivity contribution in [2.75, 3.05) is 26.7 Å². The molecule has 0 bridgehead atoms. The number of nitriles is 1. The van der Waals surface area contributed by atoms with E-state index in [2.05, 4.69) is 10.6 Å². The van der Waals surface area contributed by atoms with Gasteiger partial charge in [0.25, 0.3) is 0 Å². The SMILES string of the molecule is CN(CC(NC(=O)C(F)(F)F)C(=O)N1CC2C(C1C(=O)N[C@H](C#N)C[C@@H]1CC(C)(C)NC1=O)C2(C)C)CC(F)(F)F. The molecule has 0 aromatic carbocycles. The predicted octanol–water partition coefficient (Wildman–Crippen LogP) is 1.32. The molecule has 16 heteroatoms. The lowest BCUT2D eigenvalue weighted by Gasteiger charge is -2.34. The second-order valence-corrected chi connectivity index (χ2v) is 12.4. The molecule has 230 valence electrons. The number of carbonyl (C=O) groups is 4. The van der Waals surface area contributed by atoms with Crippen LogP contribution in [0.25, 0.3) is 0 Å². The summed E-state index contributed by atoms with van der Waals surface area (Å²) in [7, 11) is 0.931. The number of alkyl halides is 6. The Kier molecular flexibility index (Phi) is 8.66. The van der Waals surface area contributed by atoms with Gasteiger partial charge in [-0.1, -0.05) is 13.8 Å². The van der Waals surface area contributed by atoms with Gasteiger partial charge in [-0.15, -0.1) is 0 Å². The Hall–Kier alpha value is -3.09. The number of fused-ring (bicyclic) bond motifs is 1. The van der Waals surface area contributed by atoms with Crippen molar-refractivity contribution in [2.24, 2.45) is 23.2 Å². The fourth-order valence-corrected chi connectivity index (χ4v) is 6.19. The first-order valence-electron chi connectivity index (χ1n) is 13.0. The normalized spacial score (nSPS) is 27.9. The van der Waals surface area contributed by atoms with Crippen molar-refractivity contribution in [3.63, 3.8) is 0 Å². The van der Waals surface area contributed by atoms with Gasteiger partial charge in [-0.3, -0.25) is 24.1 Å². The van der Waals surface area contributed by atoms with Crippen LogP contribution >= 0.6 is 0 Å². The molecule has 2 aliphatic heterocycles. The second-order valence-electron chi connectivity index (χ2n) is 12.4. The largest absolute Gasteiger partial charge is 0.471 e. The molecule has 3 aliphatic rings. The molecule has 2 heterocycles. The van der Waals surface area contributed by atoms with E-state index in [4.69, 9.17) is 0 Å². The first-order chi connectivity index (χ1) is 18.6. The van der Waals surface area contributed by atoms with Gasteiger partial charge in [-0.2, -0.15) is 31.6 Å². The van der Waals surface area contributed by atoms with Gasteiger partial charge >= 0.3 is 18.3 Å². The van der Waals surface area contributed by atoms with Crippen LogP contribution in [0.15, 0.2) is 0 Å². The lowest BCUT2D eigenvalue weighted by atomic mass is 9.91. The Morgan fingerprint density at radius 1 is 1.15 bits per heavy atom. The van der Waals surface area contributed by atoms with E-state index in [0.717, 1.165) is 11.9 Å². The highest BCUT2D eigenvalue weighted by molar-refractivity contribution is 5.94. The van der Waals surface area contributed by atoms with Crippen LogP contribution in [0.2, 0.25) is 0 Å². The Morgan fingerprint density at radius 2 is 1.76 bits per heavy atom. The zero-order valence-electron chi connectivity index (χ0n) is 23.2. The highest BCUT2D eigenvalue weighted by Crippen LogP contribution is 2.65. The number of rotatable bonds is 9. The van der Waals surface area contributed by atoms with Crippen LogP contribution in [0.3, 0.4) is 0 Å². The van der Waals surface area contributed by atoms with E-state index in [0.29, 0.717) is 11.3 Å². The van der Waals surface area contributed by atoms with Crippen LogP contribution in [0.5, 0.6) is 0 Å². The monoisotopic (exact) mass is 596 g/mol. The number of likely N-dealkylation sites (tertiary alicyclic amines) is 1. The Balaban J connectivity index is 1.81. The molecule has 6 atom stereocenters. The van der Waals surface area contributed by atoms with Gasteiger partial charge < -0.3 is 20.9 Å². The van der Waals surface area contributed by atoms with Gasteiger partial charge in [0.05, 0.1) is 12.6 Å². The highest BCUT2D eigenvalue weighted by Gasteiger charge is 2.69. The molecular weight excluding hydrogens is 562 g/mol. The minimum absolute atomic E-state index is 0.0117. The van der Waals surface area contributed by atoms with E-state index in [1.54, 1.807) is 0 Å².